The second kappa shape index (κ2) is 20.1. The number of hydrogen-bond acceptors (Lipinski definition) is 4. The van der Waals surface area contributed by atoms with Gasteiger partial charge in [0.25, 0.3) is 0 Å². The molecular formula is C24H50O4. The summed E-state index contributed by atoms with van der Waals surface area (Å²) in [7, 11) is 0. The largest absolute Gasteiger partial charge is 0.370 e. The number of rotatable bonds is 22. The predicted octanol–water partition coefficient (Wildman–Crippen LogP) is 7.25. The Morgan fingerprint density at radius 3 is 1.54 bits per heavy atom. The predicted molar refractivity (Wildman–Crippen MR) is 119 cm³/mol. The molecule has 0 aliphatic rings. The normalized spacial score (nSPS) is 13.2. The molecule has 28 heavy (non-hydrogen) atoms. The lowest BCUT2D eigenvalue weighted by atomic mass is 10.1. The van der Waals surface area contributed by atoms with E-state index in [0.717, 1.165) is 51.4 Å². The molecule has 0 N–H and O–H groups in total. The molecule has 0 aromatic heterocycles. The zero-order valence-corrected chi connectivity index (χ0v) is 19.7. The van der Waals surface area contributed by atoms with Crippen LogP contribution in [-0.2, 0) is 18.9 Å². The van der Waals surface area contributed by atoms with Crippen molar-refractivity contribution in [2.24, 2.45) is 0 Å². The van der Waals surface area contributed by atoms with E-state index in [9.17, 15) is 0 Å². The highest BCUT2D eigenvalue weighted by molar-refractivity contribution is 4.74. The van der Waals surface area contributed by atoms with Crippen LogP contribution < -0.4 is 0 Å². The van der Waals surface area contributed by atoms with Crippen LogP contribution in [0, 0.1) is 0 Å². The first-order valence-electron chi connectivity index (χ1n) is 12.2. The first-order valence-corrected chi connectivity index (χ1v) is 12.2. The van der Waals surface area contributed by atoms with E-state index in [2.05, 4.69) is 34.6 Å². The van der Waals surface area contributed by atoms with Crippen LogP contribution in [0.3, 0.4) is 0 Å². The summed E-state index contributed by atoms with van der Waals surface area (Å²) >= 11 is 0. The van der Waals surface area contributed by atoms with Crippen molar-refractivity contribution in [1.29, 1.82) is 0 Å². The molecule has 170 valence electrons. The van der Waals surface area contributed by atoms with Crippen LogP contribution in [0.2, 0.25) is 0 Å². The molecule has 4 nitrogen and oxygen atoms in total. The van der Waals surface area contributed by atoms with Crippen molar-refractivity contribution in [3.8, 4) is 0 Å². The van der Waals surface area contributed by atoms with Crippen LogP contribution in [0.25, 0.3) is 0 Å². The molecular weight excluding hydrogens is 352 g/mol. The standard InChI is InChI=1S/C24H50O4/c1-6-11-14-15-16-17-18-23(25-19-9-4)24(26-20-10-5,27-21-12-7-2)28-22-13-8-3/h23H,6-22H2,1-5H3. The fraction of sp³-hybridized carbons (Fsp3) is 1.00. The molecule has 0 aliphatic carbocycles. The fourth-order valence-electron chi connectivity index (χ4n) is 3.10. The molecule has 0 aromatic carbocycles. The van der Waals surface area contributed by atoms with Crippen LogP contribution in [0.15, 0.2) is 0 Å². The van der Waals surface area contributed by atoms with Crippen molar-refractivity contribution in [1.82, 2.24) is 0 Å². The second-order valence-corrected chi connectivity index (χ2v) is 7.77. The maximum absolute atomic E-state index is 6.30. The van der Waals surface area contributed by atoms with Gasteiger partial charge in [-0.1, -0.05) is 86.0 Å². The van der Waals surface area contributed by atoms with Crippen molar-refractivity contribution < 1.29 is 18.9 Å². The molecule has 0 radical (unpaired) electrons. The zero-order chi connectivity index (χ0) is 20.9. The molecule has 0 spiro atoms. The molecule has 1 unspecified atom stereocenters. The maximum atomic E-state index is 6.30. The van der Waals surface area contributed by atoms with Gasteiger partial charge in [-0.25, -0.2) is 0 Å². The van der Waals surface area contributed by atoms with Gasteiger partial charge in [0.15, 0.2) is 0 Å². The van der Waals surface area contributed by atoms with Gasteiger partial charge < -0.3 is 18.9 Å². The fourth-order valence-corrected chi connectivity index (χ4v) is 3.10. The van der Waals surface area contributed by atoms with E-state index in [0.29, 0.717) is 26.4 Å². The summed E-state index contributed by atoms with van der Waals surface area (Å²) in [6.07, 6.45) is 14.5. The Kier molecular flexibility index (Phi) is 20.0. The van der Waals surface area contributed by atoms with Gasteiger partial charge in [0.1, 0.15) is 6.10 Å². The number of hydrogen-bond donors (Lipinski definition) is 0. The monoisotopic (exact) mass is 402 g/mol. The molecule has 0 fully saturated rings. The van der Waals surface area contributed by atoms with Crippen molar-refractivity contribution in [2.45, 2.75) is 130 Å². The van der Waals surface area contributed by atoms with Crippen LogP contribution in [0.4, 0.5) is 0 Å². The summed E-state index contributed by atoms with van der Waals surface area (Å²) in [5.74, 6) is -1.06. The highest BCUT2D eigenvalue weighted by Crippen LogP contribution is 2.29. The Morgan fingerprint density at radius 1 is 0.500 bits per heavy atom. The van der Waals surface area contributed by atoms with Gasteiger partial charge in [-0.3, -0.25) is 0 Å². The Balaban J connectivity index is 5.11. The quantitative estimate of drug-likeness (QED) is 0.141. The summed E-state index contributed by atoms with van der Waals surface area (Å²) < 4.78 is 25.1. The van der Waals surface area contributed by atoms with Crippen LogP contribution in [0.5, 0.6) is 0 Å². The van der Waals surface area contributed by atoms with Gasteiger partial charge in [0, 0.05) is 6.61 Å². The Hall–Kier alpha value is -0.160. The van der Waals surface area contributed by atoms with E-state index in [-0.39, 0.29) is 6.10 Å². The molecule has 0 rings (SSSR count). The van der Waals surface area contributed by atoms with Crippen molar-refractivity contribution in [3.05, 3.63) is 0 Å². The minimum absolute atomic E-state index is 0.168. The van der Waals surface area contributed by atoms with Gasteiger partial charge in [0.2, 0.25) is 0 Å². The van der Waals surface area contributed by atoms with E-state index >= 15 is 0 Å². The van der Waals surface area contributed by atoms with Gasteiger partial charge in [-0.2, -0.15) is 0 Å². The third-order valence-electron chi connectivity index (χ3n) is 4.85. The summed E-state index contributed by atoms with van der Waals surface area (Å²) in [6, 6.07) is 0. The van der Waals surface area contributed by atoms with Crippen LogP contribution in [0.1, 0.15) is 118 Å². The lowest BCUT2D eigenvalue weighted by Gasteiger charge is -2.39. The van der Waals surface area contributed by atoms with Crippen LogP contribution >= 0.6 is 0 Å². The molecule has 1 atom stereocenters. The number of unbranched alkanes of at least 4 members (excludes halogenated alkanes) is 7. The summed E-state index contributed by atoms with van der Waals surface area (Å²) in [4.78, 5) is 0. The highest BCUT2D eigenvalue weighted by Gasteiger charge is 2.43. The van der Waals surface area contributed by atoms with E-state index < -0.39 is 5.97 Å². The SMILES string of the molecule is CCCCCCCCC(OCCC)C(OCCC)(OCCCC)OCCCC. The molecule has 0 amide bonds. The van der Waals surface area contributed by atoms with Crippen molar-refractivity contribution in [2.75, 3.05) is 26.4 Å². The van der Waals surface area contributed by atoms with E-state index in [1.165, 1.54) is 32.1 Å². The van der Waals surface area contributed by atoms with Crippen molar-refractivity contribution >= 4 is 0 Å². The lowest BCUT2D eigenvalue weighted by Crippen LogP contribution is -2.52. The number of ether oxygens (including phenoxy) is 4. The first kappa shape index (κ1) is 27.8. The average molecular weight is 403 g/mol. The van der Waals surface area contributed by atoms with E-state index in [4.69, 9.17) is 18.9 Å². The molecule has 4 heteroatoms. The molecule has 0 aliphatic heterocycles. The van der Waals surface area contributed by atoms with Gasteiger partial charge in [-0.05, 0) is 32.1 Å². The first-order chi connectivity index (χ1) is 13.7. The summed E-state index contributed by atoms with van der Waals surface area (Å²) in [5.41, 5.74) is 0. The van der Waals surface area contributed by atoms with Gasteiger partial charge in [-0.15, -0.1) is 0 Å². The third kappa shape index (κ3) is 13.1. The van der Waals surface area contributed by atoms with Crippen molar-refractivity contribution in [3.63, 3.8) is 0 Å². The molecule has 0 saturated carbocycles. The average Bonchev–Trinajstić information content (AvgIpc) is 2.71. The van der Waals surface area contributed by atoms with Gasteiger partial charge >= 0.3 is 5.97 Å². The van der Waals surface area contributed by atoms with Crippen LogP contribution in [-0.4, -0.2) is 38.5 Å². The zero-order valence-electron chi connectivity index (χ0n) is 19.7. The third-order valence-corrected chi connectivity index (χ3v) is 4.85. The summed E-state index contributed by atoms with van der Waals surface area (Å²) in [5, 5.41) is 0. The van der Waals surface area contributed by atoms with E-state index in [1.807, 2.05) is 0 Å². The smallest absolute Gasteiger partial charge is 0.310 e. The lowest BCUT2D eigenvalue weighted by molar-refractivity contribution is -0.418. The second-order valence-electron chi connectivity index (χ2n) is 7.77. The summed E-state index contributed by atoms with van der Waals surface area (Å²) in [6.45, 7) is 13.5. The highest BCUT2D eigenvalue weighted by atomic mass is 16.9. The molecule has 0 heterocycles. The topological polar surface area (TPSA) is 36.9 Å². The molecule has 0 bridgehead atoms. The maximum Gasteiger partial charge on any atom is 0.310 e. The Bertz CT molecular complexity index is 299. The molecule has 0 saturated heterocycles. The Labute approximate surface area is 176 Å². The minimum Gasteiger partial charge on any atom is -0.370 e. The van der Waals surface area contributed by atoms with E-state index in [1.54, 1.807) is 0 Å². The van der Waals surface area contributed by atoms with Gasteiger partial charge in [0.05, 0.1) is 19.8 Å². The Morgan fingerprint density at radius 2 is 1.00 bits per heavy atom. The molecule has 0 aromatic rings. The minimum atomic E-state index is -1.06.